The van der Waals surface area contributed by atoms with Crippen molar-refractivity contribution in [2.75, 3.05) is 0 Å². The van der Waals surface area contributed by atoms with Crippen molar-refractivity contribution in [1.29, 1.82) is 0 Å². The highest BCUT2D eigenvalue weighted by molar-refractivity contribution is 6.10. The Kier molecular flexibility index (Phi) is 3.05. The molecule has 2 nitrogen and oxygen atoms in total. The molecule has 5 rings (SSSR count). The van der Waals surface area contributed by atoms with Crippen LogP contribution in [-0.4, -0.2) is 0 Å². The summed E-state index contributed by atoms with van der Waals surface area (Å²) in [5, 5.41) is 2.42. The summed E-state index contributed by atoms with van der Waals surface area (Å²) < 4.78 is 8.75. The second kappa shape index (κ2) is 5.19. The molecule has 1 aliphatic heterocycles. The van der Waals surface area contributed by atoms with Crippen molar-refractivity contribution in [1.82, 2.24) is 0 Å². The number of rotatable bonds is 2. The Bertz CT molecular complexity index is 1120. The lowest BCUT2D eigenvalue weighted by atomic mass is 9.97. The van der Waals surface area contributed by atoms with Crippen molar-refractivity contribution in [3.63, 3.8) is 0 Å². The summed E-state index contributed by atoms with van der Waals surface area (Å²) in [7, 11) is 0. The summed E-state index contributed by atoms with van der Waals surface area (Å²) >= 11 is 0. The number of fused-ring (bicyclic) bond motifs is 7. The molecule has 0 saturated heterocycles. The van der Waals surface area contributed by atoms with Gasteiger partial charge in [-0.3, -0.25) is 0 Å². The van der Waals surface area contributed by atoms with Gasteiger partial charge in [-0.25, -0.2) is 0 Å². The minimum atomic E-state index is 0.392. The van der Waals surface area contributed by atoms with Gasteiger partial charge < -0.3 is 4.42 Å². The van der Waals surface area contributed by atoms with E-state index in [0.717, 1.165) is 17.6 Å². The lowest BCUT2D eigenvalue weighted by molar-refractivity contribution is -0.698. The molecule has 124 valence electrons. The maximum Gasteiger partial charge on any atom is 0.217 e. The van der Waals surface area contributed by atoms with E-state index < -0.39 is 0 Å². The van der Waals surface area contributed by atoms with Gasteiger partial charge in [-0.1, -0.05) is 45.0 Å². The Labute approximate surface area is 147 Å². The van der Waals surface area contributed by atoms with Crippen LogP contribution in [0.4, 0.5) is 0 Å². The molecule has 2 heteroatoms. The molecule has 3 heterocycles. The van der Waals surface area contributed by atoms with E-state index in [1.165, 1.54) is 33.2 Å². The van der Waals surface area contributed by atoms with Crippen LogP contribution in [0.15, 0.2) is 59.1 Å². The van der Waals surface area contributed by atoms with Crippen LogP contribution in [0.5, 0.6) is 0 Å². The molecule has 0 N–H and O–H groups in total. The molecule has 2 aromatic carbocycles. The monoisotopic (exact) mass is 328 g/mol. The van der Waals surface area contributed by atoms with Crippen LogP contribution in [0.2, 0.25) is 0 Å². The standard InChI is InChI=1S/C23H22NO/c1-4-19-18-10-9-17-16-7-5-6-8-21(16)25-23(17)22(18)20-13-15(14(2)3)11-12-24(19)20/h5-14,19H,4H2,1-3H3/q+1. The summed E-state index contributed by atoms with van der Waals surface area (Å²) in [5.41, 5.74) is 7.33. The third-order valence-electron chi connectivity index (χ3n) is 5.59. The molecule has 1 aliphatic rings. The maximum atomic E-state index is 6.33. The molecule has 4 aromatic rings. The molecule has 0 spiro atoms. The largest absolute Gasteiger partial charge is 0.455 e. The second-order valence-corrected chi connectivity index (χ2v) is 7.34. The smallest absolute Gasteiger partial charge is 0.217 e. The average Bonchev–Trinajstić information content (AvgIpc) is 3.16. The van der Waals surface area contributed by atoms with Gasteiger partial charge in [0.15, 0.2) is 12.2 Å². The number of furan rings is 1. The predicted molar refractivity (Wildman–Crippen MR) is 102 cm³/mol. The van der Waals surface area contributed by atoms with E-state index in [0.29, 0.717) is 12.0 Å². The van der Waals surface area contributed by atoms with Gasteiger partial charge in [0.25, 0.3) is 0 Å². The highest BCUT2D eigenvalue weighted by atomic mass is 16.3. The molecular weight excluding hydrogens is 306 g/mol. The number of hydrogen-bond acceptors (Lipinski definition) is 1. The number of pyridine rings is 1. The SMILES string of the molecule is CCC1c2ccc3c(oc4ccccc43)c2-c2cc(C(C)C)cc[n+]21. The number of para-hydroxylation sites is 1. The van der Waals surface area contributed by atoms with Gasteiger partial charge in [0.2, 0.25) is 5.69 Å². The third kappa shape index (κ3) is 1.94. The number of benzene rings is 2. The molecule has 25 heavy (non-hydrogen) atoms. The lowest BCUT2D eigenvalue weighted by Gasteiger charge is -2.07. The van der Waals surface area contributed by atoms with Crippen molar-refractivity contribution >= 4 is 21.9 Å². The van der Waals surface area contributed by atoms with Crippen molar-refractivity contribution in [2.45, 2.75) is 39.2 Å². The summed E-state index contributed by atoms with van der Waals surface area (Å²) in [6, 6.07) is 17.9. The molecule has 0 radical (unpaired) electrons. The van der Waals surface area contributed by atoms with Crippen LogP contribution < -0.4 is 4.57 Å². The Morgan fingerprint density at radius 3 is 2.68 bits per heavy atom. The maximum absolute atomic E-state index is 6.33. The fourth-order valence-corrected chi connectivity index (χ4v) is 4.27. The Balaban J connectivity index is 1.90. The van der Waals surface area contributed by atoms with Crippen molar-refractivity contribution in [2.24, 2.45) is 0 Å². The molecule has 0 aliphatic carbocycles. The van der Waals surface area contributed by atoms with E-state index in [1.807, 2.05) is 6.07 Å². The van der Waals surface area contributed by atoms with E-state index in [9.17, 15) is 0 Å². The zero-order valence-electron chi connectivity index (χ0n) is 14.9. The van der Waals surface area contributed by atoms with Crippen molar-refractivity contribution < 1.29 is 8.98 Å². The topological polar surface area (TPSA) is 17.0 Å². The highest BCUT2D eigenvalue weighted by Gasteiger charge is 2.38. The van der Waals surface area contributed by atoms with Gasteiger partial charge in [-0.15, -0.1) is 0 Å². The van der Waals surface area contributed by atoms with E-state index in [2.05, 4.69) is 74.0 Å². The van der Waals surface area contributed by atoms with Crippen LogP contribution in [0, 0.1) is 0 Å². The molecule has 0 saturated carbocycles. The summed E-state index contributed by atoms with van der Waals surface area (Å²) in [5.74, 6) is 0.518. The van der Waals surface area contributed by atoms with Gasteiger partial charge in [-0.2, -0.15) is 4.57 Å². The van der Waals surface area contributed by atoms with E-state index in [4.69, 9.17) is 4.42 Å². The summed E-state index contributed by atoms with van der Waals surface area (Å²) in [6.07, 6.45) is 3.34. The summed E-state index contributed by atoms with van der Waals surface area (Å²) in [4.78, 5) is 0. The number of hydrogen-bond donors (Lipinski definition) is 0. The first-order chi connectivity index (χ1) is 12.2. The van der Waals surface area contributed by atoms with Gasteiger partial charge in [0.1, 0.15) is 11.2 Å². The minimum absolute atomic E-state index is 0.392. The molecule has 2 aromatic heterocycles. The Hall–Kier alpha value is -2.61. The fourth-order valence-electron chi connectivity index (χ4n) is 4.27. The molecular formula is C23H22NO+. The Morgan fingerprint density at radius 2 is 1.88 bits per heavy atom. The third-order valence-corrected chi connectivity index (χ3v) is 5.59. The number of aromatic nitrogens is 1. The van der Waals surface area contributed by atoms with Crippen LogP contribution in [0.3, 0.4) is 0 Å². The van der Waals surface area contributed by atoms with Gasteiger partial charge in [0, 0.05) is 34.9 Å². The molecule has 1 atom stereocenters. The Morgan fingerprint density at radius 1 is 1.04 bits per heavy atom. The predicted octanol–water partition coefficient (Wildman–Crippen LogP) is 5.98. The fraction of sp³-hybridized carbons (Fsp3) is 0.261. The zero-order chi connectivity index (χ0) is 17.1. The van der Waals surface area contributed by atoms with Gasteiger partial charge in [-0.05, 0) is 23.6 Å². The van der Waals surface area contributed by atoms with Gasteiger partial charge in [0.05, 0.1) is 5.56 Å². The molecule has 0 fully saturated rings. The lowest BCUT2D eigenvalue weighted by Crippen LogP contribution is -2.37. The average molecular weight is 328 g/mol. The highest BCUT2D eigenvalue weighted by Crippen LogP contribution is 2.43. The quantitative estimate of drug-likeness (QED) is 0.414. The molecule has 1 unspecified atom stereocenters. The van der Waals surface area contributed by atoms with Crippen molar-refractivity contribution in [3.8, 4) is 11.3 Å². The number of nitrogens with zero attached hydrogens (tertiary/aromatic N) is 1. The van der Waals surface area contributed by atoms with Crippen LogP contribution in [0.25, 0.3) is 33.2 Å². The second-order valence-electron chi connectivity index (χ2n) is 7.34. The molecule has 0 bridgehead atoms. The van der Waals surface area contributed by atoms with Crippen molar-refractivity contribution in [3.05, 3.63) is 65.9 Å². The molecule has 0 amide bonds. The van der Waals surface area contributed by atoms with Crippen LogP contribution >= 0.6 is 0 Å². The van der Waals surface area contributed by atoms with E-state index in [1.54, 1.807) is 0 Å². The zero-order valence-corrected chi connectivity index (χ0v) is 14.9. The van der Waals surface area contributed by atoms with E-state index in [-0.39, 0.29) is 0 Å². The first kappa shape index (κ1) is 14.7. The van der Waals surface area contributed by atoms with Gasteiger partial charge >= 0.3 is 0 Å². The minimum Gasteiger partial charge on any atom is -0.455 e. The first-order valence-corrected chi connectivity index (χ1v) is 9.18. The van der Waals surface area contributed by atoms with Crippen LogP contribution in [0.1, 0.15) is 50.3 Å². The first-order valence-electron chi connectivity index (χ1n) is 9.18. The van der Waals surface area contributed by atoms with Crippen LogP contribution in [-0.2, 0) is 0 Å². The summed E-state index contributed by atoms with van der Waals surface area (Å²) in [6.45, 7) is 6.76. The van der Waals surface area contributed by atoms with E-state index >= 15 is 0 Å². The normalized spacial score (nSPS) is 15.9.